The van der Waals surface area contributed by atoms with Gasteiger partial charge in [0.15, 0.2) is 17.5 Å². The van der Waals surface area contributed by atoms with Crippen molar-refractivity contribution in [2.45, 2.75) is 13.5 Å². The number of carboxylic acid groups (broad SMARTS) is 1. The highest BCUT2D eigenvalue weighted by Crippen LogP contribution is 2.37. The van der Waals surface area contributed by atoms with Crippen molar-refractivity contribution < 1.29 is 23.1 Å². The van der Waals surface area contributed by atoms with Gasteiger partial charge in [0.2, 0.25) is 0 Å². The average Bonchev–Trinajstić information content (AvgIpc) is 3.14. The highest BCUT2D eigenvalue weighted by atomic mass is 32.1. The first-order valence-electron chi connectivity index (χ1n) is 7.62. The van der Waals surface area contributed by atoms with Gasteiger partial charge < -0.3 is 9.67 Å². The van der Waals surface area contributed by atoms with Crippen molar-refractivity contribution in [1.82, 2.24) is 9.55 Å². The lowest BCUT2D eigenvalue weighted by molar-refractivity contribution is -0.137. The standard InChI is InChI=1S/C18H11F3N2O2S/c1-8-5-9-3-2-4-10(17(9)23(8)7-13(24)25)18-22-16-12(26-18)6-11(19)14(20)15(16)21/h2-6H,7H2,1H3,(H,24,25). The van der Waals surface area contributed by atoms with E-state index in [-0.39, 0.29) is 16.8 Å². The van der Waals surface area contributed by atoms with Crippen LogP contribution in [-0.4, -0.2) is 20.6 Å². The Morgan fingerprint density at radius 1 is 1.23 bits per heavy atom. The third-order valence-corrected chi connectivity index (χ3v) is 5.21. The molecular formula is C18H11F3N2O2S. The van der Waals surface area contributed by atoms with E-state index in [1.165, 1.54) is 0 Å². The number of thiazole rings is 1. The summed E-state index contributed by atoms with van der Waals surface area (Å²) in [6.07, 6.45) is 0. The topological polar surface area (TPSA) is 55.1 Å². The van der Waals surface area contributed by atoms with E-state index in [0.717, 1.165) is 28.5 Å². The van der Waals surface area contributed by atoms with Crippen molar-refractivity contribution in [3.8, 4) is 10.6 Å². The predicted octanol–water partition coefficient (Wildman–Crippen LogP) is 4.73. The first-order valence-corrected chi connectivity index (χ1v) is 8.43. The molecule has 0 radical (unpaired) electrons. The molecule has 2 heterocycles. The van der Waals surface area contributed by atoms with E-state index in [2.05, 4.69) is 4.98 Å². The van der Waals surface area contributed by atoms with E-state index in [4.69, 9.17) is 0 Å². The molecule has 8 heteroatoms. The summed E-state index contributed by atoms with van der Waals surface area (Å²) in [4.78, 5) is 15.3. The number of carbonyl (C=O) groups is 1. The van der Waals surface area contributed by atoms with Crippen LogP contribution in [0.3, 0.4) is 0 Å². The maximum Gasteiger partial charge on any atom is 0.323 e. The minimum absolute atomic E-state index is 0.182. The number of aliphatic carboxylic acids is 1. The van der Waals surface area contributed by atoms with Crippen molar-refractivity contribution in [1.29, 1.82) is 0 Å². The van der Waals surface area contributed by atoms with Crippen LogP contribution in [0.1, 0.15) is 5.69 Å². The molecule has 2 aromatic carbocycles. The largest absolute Gasteiger partial charge is 0.480 e. The van der Waals surface area contributed by atoms with Gasteiger partial charge in [-0.2, -0.15) is 0 Å². The van der Waals surface area contributed by atoms with Crippen molar-refractivity contribution >= 4 is 38.4 Å². The summed E-state index contributed by atoms with van der Waals surface area (Å²) in [5.74, 6) is -5.15. The van der Waals surface area contributed by atoms with Crippen LogP contribution in [0.15, 0.2) is 30.3 Å². The minimum Gasteiger partial charge on any atom is -0.480 e. The van der Waals surface area contributed by atoms with Crippen LogP contribution in [0.4, 0.5) is 13.2 Å². The molecule has 0 saturated heterocycles. The lowest BCUT2D eigenvalue weighted by Gasteiger charge is -2.08. The highest BCUT2D eigenvalue weighted by Gasteiger charge is 2.20. The lowest BCUT2D eigenvalue weighted by Crippen LogP contribution is -2.10. The SMILES string of the molecule is Cc1cc2cccc(-c3nc4c(F)c(F)c(F)cc4s3)c2n1CC(=O)O. The Balaban J connectivity index is 2.01. The molecule has 0 fully saturated rings. The van der Waals surface area contributed by atoms with E-state index in [9.17, 15) is 23.1 Å². The quantitative estimate of drug-likeness (QED) is 0.526. The van der Waals surface area contributed by atoms with Gasteiger partial charge in [-0.25, -0.2) is 18.2 Å². The summed E-state index contributed by atoms with van der Waals surface area (Å²) >= 11 is 1.02. The molecule has 0 spiro atoms. The molecule has 0 aliphatic heterocycles. The van der Waals surface area contributed by atoms with Crippen LogP contribution < -0.4 is 0 Å². The second-order valence-electron chi connectivity index (χ2n) is 5.86. The van der Waals surface area contributed by atoms with Gasteiger partial charge >= 0.3 is 5.97 Å². The van der Waals surface area contributed by atoms with E-state index < -0.39 is 23.4 Å². The maximum atomic E-state index is 14.0. The fourth-order valence-electron chi connectivity index (χ4n) is 3.06. The predicted molar refractivity (Wildman–Crippen MR) is 92.8 cm³/mol. The Kier molecular flexibility index (Phi) is 3.73. The third kappa shape index (κ3) is 2.45. The Bertz CT molecular complexity index is 1200. The summed E-state index contributed by atoms with van der Waals surface area (Å²) in [5.41, 5.74) is 1.72. The molecule has 0 bridgehead atoms. The second-order valence-corrected chi connectivity index (χ2v) is 6.89. The van der Waals surface area contributed by atoms with Gasteiger partial charge in [0.1, 0.15) is 17.1 Å². The summed E-state index contributed by atoms with van der Waals surface area (Å²) < 4.78 is 42.8. The minimum atomic E-state index is -1.56. The van der Waals surface area contributed by atoms with Gasteiger partial charge in [-0.05, 0) is 25.1 Å². The van der Waals surface area contributed by atoms with Gasteiger partial charge in [-0.3, -0.25) is 4.79 Å². The number of carboxylic acids is 1. The second kappa shape index (κ2) is 5.84. The Labute approximate surface area is 149 Å². The molecule has 4 nitrogen and oxygen atoms in total. The molecule has 0 atom stereocenters. The summed E-state index contributed by atoms with van der Waals surface area (Å²) in [5, 5.41) is 10.3. The number of aryl methyl sites for hydroxylation is 1. The third-order valence-electron chi connectivity index (χ3n) is 4.17. The first-order chi connectivity index (χ1) is 12.4. The van der Waals surface area contributed by atoms with E-state index in [1.54, 1.807) is 23.6 Å². The van der Waals surface area contributed by atoms with E-state index in [1.807, 2.05) is 12.1 Å². The molecule has 0 aliphatic carbocycles. The molecule has 0 amide bonds. The molecular weight excluding hydrogens is 365 g/mol. The molecule has 4 rings (SSSR count). The fourth-order valence-corrected chi connectivity index (χ4v) is 4.07. The number of rotatable bonds is 3. The van der Waals surface area contributed by atoms with Crippen LogP contribution in [0.2, 0.25) is 0 Å². The molecule has 1 N–H and O–H groups in total. The van der Waals surface area contributed by atoms with E-state index in [0.29, 0.717) is 16.1 Å². The number of nitrogens with zero attached hydrogens (tertiary/aromatic N) is 2. The zero-order valence-corrected chi connectivity index (χ0v) is 14.2. The fraction of sp³-hybridized carbons (Fsp3) is 0.111. The maximum absolute atomic E-state index is 14.0. The Morgan fingerprint density at radius 2 is 2.00 bits per heavy atom. The number of halogens is 3. The van der Waals surface area contributed by atoms with Crippen molar-refractivity contribution in [3.05, 3.63) is 53.5 Å². The molecule has 0 saturated carbocycles. The molecule has 26 heavy (non-hydrogen) atoms. The number of para-hydroxylation sites is 1. The first kappa shape index (κ1) is 16.6. The molecule has 2 aromatic heterocycles. The highest BCUT2D eigenvalue weighted by molar-refractivity contribution is 7.21. The summed E-state index contributed by atoms with van der Waals surface area (Å²) in [7, 11) is 0. The smallest absolute Gasteiger partial charge is 0.323 e. The van der Waals surface area contributed by atoms with Crippen molar-refractivity contribution in [2.24, 2.45) is 0 Å². The van der Waals surface area contributed by atoms with Gasteiger partial charge in [0, 0.05) is 16.6 Å². The Hall–Kier alpha value is -2.87. The van der Waals surface area contributed by atoms with E-state index >= 15 is 0 Å². The lowest BCUT2D eigenvalue weighted by atomic mass is 10.1. The molecule has 0 unspecified atom stereocenters. The van der Waals surface area contributed by atoms with Crippen molar-refractivity contribution in [2.75, 3.05) is 0 Å². The monoisotopic (exact) mass is 376 g/mol. The number of aromatic nitrogens is 2. The Morgan fingerprint density at radius 3 is 2.73 bits per heavy atom. The number of hydrogen-bond donors (Lipinski definition) is 1. The average molecular weight is 376 g/mol. The number of benzene rings is 2. The summed E-state index contributed by atoms with van der Waals surface area (Å²) in [6.45, 7) is 1.55. The van der Waals surface area contributed by atoms with Crippen LogP contribution in [0.25, 0.3) is 31.7 Å². The zero-order valence-electron chi connectivity index (χ0n) is 13.4. The van der Waals surface area contributed by atoms with Gasteiger partial charge in [0.25, 0.3) is 0 Å². The van der Waals surface area contributed by atoms with Gasteiger partial charge in [-0.1, -0.05) is 12.1 Å². The van der Waals surface area contributed by atoms with Gasteiger partial charge in [0.05, 0.1) is 10.2 Å². The van der Waals surface area contributed by atoms with Crippen LogP contribution in [0.5, 0.6) is 0 Å². The van der Waals surface area contributed by atoms with Gasteiger partial charge in [-0.15, -0.1) is 11.3 Å². The normalized spacial score (nSPS) is 11.5. The molecule has 132 valence electrons. The molecule has 4 aromatic rings. The van der Waals surface area contributed by atoms with Crippen LogP contribution >= 0.6 is 11.3 Å². The summed E-state index contributed by atoms with van der Waals surface area (Å²) in [6, 6.07) is 8.08. The van der Waals surface area contributed by atoms with Crippen molar-refractivity contribution in [3.63, 3.8) is 0 Å². The number of hydrogen-bond acceptors (Lipinski definition) is 3. The molecule has 0 aliphatic rings. The zero-order chi connectivity index (χ0) is 18.6. The van der Waals surface area contributed by atoms with Crippen LogP contribution in [0, 0.1) is 24.4 Å². The number of fused-ring (bicyclic) bond motifs is 2. The van der Waals surface area contributed by atoms with Crippen LogP contribution in [-0.2, 0) is 11.3 Å².